The summed E-state index contributed by atoms with van der Waals surface area (Å²) >= 11 is 0. The number of nitrogens with one attached hydrogen (secondary N) is 1. The van der Waals surface area contributed by atoms with E-state index in [-0.39, 0.29) is 6.09 Å². The van der Waals surface area contributed by atoms with E-state index in [1.165, 1.54) is 12.8 Å². The lowest BCUT2D eigenvalue weighted by Gasteiger charge is -2.26. The fourth-order valence-corrected chi connectivity index (χ4v) is 2.08. The number of rotatable bonds is 5. The smallest absolute Gasteiger partial charge is 0.410 e. The minimum atomic E-state index is -0.458. The Morgan fingerprint density at radius 2 is 2.10 bits per heavy atom. The SMILES string of the molecule is CCN(Cc1cccc(NC2CC2)c1)C(=O)OC(C)(C)C. The molecule has 1 aliphatic carbocycles. The minimum absolute atomic E-state index is 0.259. The second-order valence-electron chi connectivity index (χ2n) is 6.61. The van der Waals surface area contributed by atoms with Crippen LogP contribution in [0.2, 0.25) is 0 Å². The number of anilines is 1. The molecule has 0 aromatic heterocycles. The molecular weight excluding hydrogens is 264 g/mol. The van der Waals surface area contributed by atoms with Crippen LogP contribution in [0.4, 0.5) is 10.5 Å². The highest BCUT2D eigenvalue weighted by molar-refractivity contribution is 5.68. The van der Waals surface area contributed by atoms with Gasteiger partial charge in [-0.2, -0.15) is 0 Å². The lowest BCUT2D eigenvalue weighted by atomic mass is 10.2. The zero-order valence-electron chi connectivity index (χ0n) is 13.5. The fourth-order valence-electron chi connectivity index (χ4n) is 2.08. The average Bonchev–Trinajstić information content (AvgIpc) is 3.18. The second-order valence-corrected chi connectivity index (χ2v) is 6.61. The summed E-state index contributed by atoms with van der Waals surface area (Å²) in [7, 11) is 0. The standard InChI is InChI=1S/C17H26N2O2/c1-5-19(16(20)21-17(2,3)4)12-13-7-6-8-15(11-13)18-14-9-10-14/h6-8,11,14,18H,5,9-10,12H2,1-4H3. The summed E-state index contributed by atoms with van der Waals surface area (Å²) in [6.07, 6.45) is 2.25. The summed E-state index contributed by atoms with van der Waals surface area (Å²) in [6.45, 7) is 8.84. The number of carbonyl (C=O) groups is 1. The van der Waals surface area contributed by atoms with E-state index in [2.05, 4.69) is 17.4 Å². The van der Waals surface area contributed by atoms with Crippen molar-refractivity contribution in [2.45, 2.75) is 58.7 Å². The number of amides is 1. The van der Waals surface area contributed by atoms with Crippen LogP contribution < -0.4 is 5.32 Å². The van der Waals surface area contributed by atoms with Gasteiger partial charge in [0.05, 0.1) is 0 Å². The summed E-state index contributed by atoms with van der Waals surface area (Å²) in [5.74, 6) is 0. The van der Waals surface area contributed by atoms with Gasteiger partial charge in [-0.15, -0.1) is 0 Å². The average molecular weight is 290 g/mol. The van der Waals surface area contributed by atoms with E-state index in [1.807, 2.05) is 39.8 Å². The molecule has 116 valence electrons. The van der Waals surface area contributed by atoms with Crippen molar-refractivity contribution in [3.63, 3.8) is 0 Å². The molecule has 2 rings (SSSR count). The molecule has 1 aromatic rings. The van der Waals surface area contributed by atoms with Gasteiger partial charge in [0.25, 0.3) is 0 Å². The van der Waals surface area contributed by atoms with Gasteiger partial charge >= 0.3 is 6.09 Å². The first-order valence-corrected chi connectivity index (χ1v) is 7.71. The highest BCUT2D eigenvalue weighted by Crippen LogP contribution is 2.25. The molecule has 1 N–H and O–H groups in total. The van der Waals surface area contributed by atoms with Gasteiger partial charge in [-0.05, 0) is 58.2 Å². The number of carbonyl (C=O) groups excluding carboxylic acids is 1. The molecule has 0 radical (unpaired) electrons. The van der Waals surface area contributed by atoms with Crippen molar-refractivity contribution in [1.82, 2.24) is 4.90 Å². The third-order valence-electron chi connectivity index (χ3n) is 3.28. The molecule has 0 heterocycles. The summed E-state index contributed by atoms with van der Waals surface area (Å²) in [6, 6.07) is 8.90. The normalized spacial score (nSPS) is 14.7. The van der Waals surface area contributed by atoms with Gasteiger partial charge in [0, 0.05) is 24.8 Å². The van der Waals surface area contributed by atoms with Crippen molar-refractivity contribution in [3.05, 3.63) is 29.8 Å². The summed E-state index contributed by atoms with van der Waals surface area (Å²) in [4.78, 5) is 13.9. The maximum absolute atomic E-state index is 12.2. The predicted octanol–water partition coefficient (Wildman–Crippen LogP) is 4.02. The monoisotopic (exact) mass is 290 g/mol. The molecular formula is C17H26N2O2. The van der Waals surface area contributed by atoms with Crippen LogP contribution in [0.25, 0.3) is 0 Å². The van der Waals surface area contributed by atoms with Crippen molar-refractivity contribution in [3.8, 4) is 0 Å². The molecule has 1 aliphatic rings. The van der Waals surface area contributed by atoms with Gasteiger partial charge in [-0.3, -0.25) is 0 Å². The minimum Gasteiger partial charge on any atom is -0.444 e. The van der Waals surface area contributed by atoms with Gasteiger partial charge in [0.1, 0.15) is 5.60 Å². The van der Waals surface area contributed by atoms with Crippen LogP contribution in [0.1, 0.15) is 46.1 Å². The van der Waals surface area contributed by atoms with Crippen molar-refractivity contribution >= 4 is 11.8 Å². The molecule has 4 heteroatoms. The Morgan fingerprint density at radius 3 is 2.67 bits per heavy atom. The number of nitrogens with zero attached hydrogens (tertiary/aromatic N) is 1. The van der Waals surface area contributed by atoms with E-state index in [9.17, 15) is 4.79 Å². The highest BCUT2D eigenvalue weighted by Gasteiger charge is 2.22. The van der Waals surface area contributed by atoms with E-state index in [0.29, 0.717) is 19.1 Å². The molecule has 0 saturated heterocycles. The Hall–Kier alpha value is -1.71. The Balaban J connectivity index is 1.98. The molecule has 0 bridgehead atoms. The predicted molar refractivity (Wildman–Crippen MR) is 85.4 cm³/mol. The number of benzene rings is 1. The fraction of sp³-hybridized carbons (Fsp3) is 0.588. The molecule has 1 aromatic carbocycles. The van der Waals surface area contributed by atoms with E-state index < -0.39 is 5.60 Å². The van der Waals surface area contributed by atoms with Crippen LogP contribution >= 0.6 is 0 Å². The molecule has 0 atom stereocenters. The maximum Gasteiger partial charge on any atom is 0.410 e. The Labute approximate surface area is 127 Å². The van der Waals surface area contributed by atoms with Crippen molar-refractivity contribution < 1.29 is 9.53 Å². The zero-order chi connectivity index (χ0) is 15.5. The van der Waals surface area contributed by atoms with Gasteiger partial charge in [-0.25, -0.2) is 4.79 Å². The highest BCUT2D eigenvalue weighted by atomic mass is 16.6. The van der Waals surface area contributed by atoms with Gasteiger partial charge < -0.3 is 15.0 Å². The topological polar surface area (TPSA) is 41.6 Å². The van der Waals surface area contributed by atoms with Crippen molar-refractivity contribution in [2.24, 2.45) is 0 Å². The van der Waals surface area contributed by atoms with E-state index in [1.54, 1.807) is 4.90 Å². The molecule has 0 spiro atoms. The maximum atomic E-state index is 12.2. The third kappa shape index (κ3) is 5.29. The number of hydrogen-bond donors (Lipinski definition) is 1. The lowest BCUT2D eigenvalue weighted by molar-refractivity contribution is 0.0244. The summed E-state index contributed by atoms with van der Waals surface area (Å²) in [5.41, 5.74) is 1.79. The van der Waals surface area contributed by atoms with Gasteiger partial charge in [0.15, 0.2) is 0 Å². The molecule has 1 saturated carbocycles. The van der Waals surface area contributed by atoms with Crippen LogP contribution in [-0.4, -0.2) is 29.2 Å². The van der Waals surface area contributed by atoms with Crippen LogP contribution in [0.5, 0.6) is 0 Å². The first-order valence-electron chi connectivity index (χ1n) is 7.71. The molecule has 0 aliphatic heterocycles. The van der Waals surface area contributed by atoms with Crippen molar-refractivity contribution in [1.29, 1.82) is 0 Å². The third-order valence-corrected chi connectivity index (χ3v) is 3.28. The molecule has 1 amide bonds. The van der Waals surface area contributed by atoms with Gasteiger partial charge in [-0.1, -0.05) is 12.1 Å². The van der Waals surface area contributed by atoms with Crippen molar-refractivity contribution in [2.75, 3.05) is 11.9 Å². The second kappa shape index (κ2) is 6.37. The Kier molecular flexibility index (Phi) is 4.76. The largest absolute Gasteiger partial charge is 0.444 e. The Morgan fingerprint density at radius 1 is 1.38 bits per heavy atom. The van der Waals surface area contributed by atoms with E-state index >= 15 is 0 Å². The van der Waals surface area contributed by atoms with Gasteiger partial charge in [0.2, 0.25) is 0 Å². The van der Waals surface area contributed by atoms with E-state index in [4.69, 9.17) is 4.74 Å². The molecule has 4 nitrogen and oxygen atoms in total. The molecule has 21 heavy (non-hydrogen) atoms. The Bertz CT molecular complexity index is 490. The van der Waals surface area contributed by atoms with E-state index in [0.717, 1.165) is 11.3 Å². The molecule has 1 fully saturated rings. The first kappa shape index (κ1) is 15.7. The van der Waals surface area contributed by atoms with Crippen LogP contribution in [0.3, 0.4) is 0 Å². The molecule has 0 unspecified atom stereocenters. The summed E-state index contributed by atoms with van der Waals surface area (Å²) in [5, 5.41) is 3.48. The van der Waals surface area contributed by atoms with Crippen LogP contribution in [0.15, 0.2) is 24.3 Å². The van der Waals surface area contributed by atoms with Crippen LogP contribution in [0, 0.1) is 0 Å². The zero-order valence-corrected chi connectivity index (χ0v) is 13.5. The number of hydrogen-bond acceptors (Lipinski definition) is 3. The van der Waals surface area contributed by atoms with Crippen LogP contribution in [-0.2, 0) is 11.3 Å². The quantitative estimate of drug-likeness (QED) is 0.890. The summed E-state index contributed by atoms with van der Waals surface area (Å²) < 4.78 is 5.44. The first-order chi connectivity index (χ1) is 9.87. The lowest BCUT2D eigenvalue weighted by Crippen LogP contribution is -2.36. The number of ether oxygens (including phenoxy) is 1.